The lowest BCUT2D eigenvalue weighted by Crippen LogP contribution is -2.34. The molecule has 106 valence electrons. The van der Waals surface area contributed by atoms with E-state index in [0.29, 0.717) is 12.0 Å². The first-order valence-electron chi connectivity index (χ1n) is 7.17. The summed E-state index contributed by atoms with van der Waals surface area (Å²) in [6, 6.07) is 0. The lowest BCUT2D eigenvalue weighted by molar-refractivity contribution is -0.126. The smallest absolute Gasteiger partial charge is 0.223 e. The van der Waals surface area contributed by atoms with Crippen LogP contribution in [0.15, 0.2) is 0 Å². The maximum absolute atomic E-state index is 12.2. The molecule has 2 rings (SSSR count). The third-order valence-corrected chi connectivity index (χ3v) is 4.43. The van der Waals surface area contributed by atoms with Gasteiger partial charge < -0.3 is 5.32 Å². The number of carbonyl (C=O) groups is 1. The van der Waals surface area contributed by atoms with E-state index in [1.54, 1.807) is 0 Å². The van der Waals surface area contributed by atoms with Crippen LogP contribution in [0.5, 0.6) is 0 Å². The molecule has 1 saturated carbocycles. The maximum atomic E-state index is 12.2. The number of aromatic amines is 1. The Balaban J connectivity index is 1.86. The lowest BCUT2D eigenvalue weighted by Gasteiger charge is -2.33. The molecule has 0 saturated heterocycles. The zero-order chi connectivity index (χ0) is 14.0. The Hall–Kier alpha value is -1.32. The van der Waals surface area contributed by atoms with Crippen LogP contribution in [0.25, 0.3) is 0 Å². The largest absolute Gasteiger partial charge is 0.352 e. The van der Waals surface area contributed by atoms with Gasteiger partial charge in [-0.25, -0.2) is 0 Å². The van der Waals surface area contributed by atoms with Crippen LogP contribution < -0.4 is 5.32 Å². The Kier molecular flexibility index (Phi) is 3.97. The van der Waals surface area contributed by atoms with Crippen molar-refractivity contribution in [3.8, 4) is 0 Å². The molecule has 1 aromatic heterocycles. The van der Waals surface area contributed by atoms with Crippen molar-refractivity contribution in [2.24, 2.45) is 11.3 Å². The summed E-state index contributed by atoms with van der Waals surface area (Å²) < 4.78 is 0. The van der Waals surface area contributed by atoms with Crippen molar-refractivity contribution in [1.29, 1.82) is 0 Å². The van der Waals surface area contributed by atoms with E-state index in [1.807, 2.05) is 13.8 Å². The molecule has 0 radical (unpaired) electrons. The van der Waals surface area contributed by atoms with Gasteiger partial charge in [0, 0.05) is 23.7 Å². The van der Waals surface area contributed by atoms with Crippen LogP contribution in [0.4, 0.5) is 0 Å². The molecule has 4 heteroatoms. The van der Waals surface area contributed by atoms with Crippen LogP contribution in [0.1, 0.15) is 56.5 Å². The molecule has 0 atom stereocenters. The maximum Gasteiger partial charge on any atom is 0.223 e. The number of carbonyl (C=O) groups excluding carboxylic acids is 1. The van der Waals surface area contributed by atoms with Crippen LogP contribution in [0.2, 0.25) is 0 Å². The zero-order valence-corrected chi connectivity index (χ0v) is 12.5. The minimum atomic E-state index is 0.195. The highest BCUT2D eigenvalue weighted by Gasteiger charge is 2.30. The van der Waals surface area contributed by atoms with Crippen LogP contribution in [-0.2, 0) is 11.3 Å². The topological polar surface area (TPSA) is 57.8 Å². The Bertz CT molecular complexity index is 432. The van der Waals surface area contributed by atoms with E-state index in [0.717, 1.165) is 42.6 Å². The second-order valence-electron chi connectivity index (χ2n) is 6.57. The van der Waals surface area contributed by atoms with E-state index in [-0.39, 0.29) is 11.8 Å². The van der Waals surface area contributed by atoms with Gasteiger partial charge in [0.1, 0.15) is 0 Å². The molecule has 2 N–H and O–H groups in total. The summed E-state index contributed by atoms with van der Waals surface area (Å²) in [7, 11) is 0. The number of amides is 1. The number of aryl methyl sites for hydroxylation is 2. The van der Waals surface area contributed by atoms with E-state index >= 15 is 0 Å². The summed E-state index contributed by atoms with van der Waals surface area (Å²) in [5, 5.41) is 10.2. The summed E-state index contributed by atoms with van der Waals surface area (Å²) in [5.74, 6) is 0.399. The van der Waals surface area contributed by atoms with Gasteiger partial charge in [-0.05, 0) is 44.9 Å². The van der Waals surface area contributed by atoms with E-state index in [1.165, 1.54) is 0 Å². The second kappa shape index (κ2) is 5.35. The number of aromatic nitrogens is 2. The molecule has 1 fully saturated rings. The minimum absolute atomic E-state index is 0.195. The van der Waals surface area contributed by atoms with Crippen LogP contribution in [0, 0.1) is 25.2 Å². The summed E-state index contributed by atoms with van der Waals surface area (Å²) in [6.07, 6.45) is 4.33. The van der Waals surface area contributed by atoms with Crippen molar-refractivity contribution in [2.45, 2.75) is 59.9 Å². The zero-order valence-electron chi connectivity index (χ0n) is 12.5. The summed E-state index contributed by atoms with van der Waals surface area (Å²) in [6.45, 7) is 9.13. The van der Waals surface area contributed by atoms with Gasteiger partial charge in [-0.3, -0.25) is 9.89 Å². The van der Waals surface area contributed by atoms with Crippen molar-refractivity contribution in [3.63, 3.8) is 0 Å². The number of rotatable bonds is 3. The fraction of sp³-hybridized carbons (Fsp3) is 0.733. The van der Waals surface area contributed by atoms with Gasteiger partial charge in [0.25, 0.3) is 0 Å². The molecule has 1 aliphatic carbocycles. The van der Waals surface area contributed by atoms with Gasteiger partial charge in [-0.15, -0.1) is 0 Å². The third kappa shape index (κ3) is 3.37. The van der Waals surface area contributed by atoms with Gasteiger partial charge in [0.15, 0.2) is 0 Å². The summed E-state index contributed by atoms with van der Waals surface area (Å²) >= 11 is 0. The van der Waals surface area contributed by atoms with Gasteiger partial charge in [0.2, 0.25) is 5.91 Å². The monoisotopic (exact) mass is 263 g/mol. The predicted octanol–water partition coefficient (Wildman–Crippen LogP) is 2.86. The van der Waals surface area contributed by atoms with E-state index in [9.17, 15) is 4.79 Å². The molecule has 0 aromatic carbocycles. The molecule has 1 aromatic rings. The molecule has 19 heavy (non-hydrogen) atoms. The van der Waals surface area contributed by atoms with Crippen LogP contribution >= 0.6 is 0 Å². The Morgan fingerprint density at radius 1 is 1.37 bits per heavy atom. The average Bonchev–Trinajstić information content (AvgIpc) is 2.66. The fourth-order valence-corrected chi connectivity index (χ4v) is 2.82. The first-order valence-corrected chi connectivity index (χ1v) is 7.17. The van der Waals surface area contributed by atoms with Crippen molar-refractivity contribution < 1.29 is 4.79 Å². The second-order valence-corrected chi connectivity index (χ2v) is 6.57. The number of H-pyrrole nitrogens is 1. The first kappa shape index (κ1) is 14.1. The van der Waals surface area contributed by atoms with E-state index < -0.39 is 0 Å². The van der Waals surface area contributed by atoms with Crippen molar-refractivity contribution in [1.82, 2.24) is 15.5 Å². The highest BCUT2D eigenvalue weighted by molar-refractivity contribution is 5.78. The van der Waals surface area contributed by atoms with Gasteiger partial charge >= 0.3 is 0 Å². The fourth-order valence-electron chi connectivity index (χ4n) is 2.82. The molecule has 1 heterocycles. The van der Waals surface area contributed by atoms with E-state index in [4.69, 9.17) is 0 Å². The Morgan fingerprint density at radius 2 is 2.00 bits per heavy atom. The van der Waals surface area contributed by atoms with Crippen molar-refractivity contribution >= 4 is 5.91 Å². The average molecular weight is 263 g/mol. The number of nitrogens with one attached hydrogen (secondary N) is 2. The molecule has 0 bridgehead atoms. The van der Waals surface area contributed by atoms with Crippen LogP contribution in [-0.4, -0.2) is 16.1 Å². The normalized spacial score (nSPS) is 19.4. The Labute approximate surface area is 115 Å². The number of hydrogen-bond donors (Lipinski definition) is 2. The quantitative estimate of drug-likeness (QED) is 0.881. The first-order chi connectivity index (χ1) is 8.89. The molecule has 0 spiro atoms. The minimum Gasteiger partial charge on any atom is -0.352 e. The standard InChI is InChI=1S/C15H25N3O/c1-10-13(11(2)18-17-10)9-16-14(19)12-5-7-15(3,4)8-6-12/h12H,5-9H2,1-4H3,(H,16,19)(H,17,18). The number of hydrogen-bond acceptors (Lipinski definition) is 2. The molecule has 1 amide bonds. The van der Waals surface area contributed by atoms with E-state index in [2.05, 4.69) is 29.4 Å². The molecule has 4 nitrogen and oxygen atoms in total. The van der Waals surface area contributed by atoms with Gasteiger partial charge in [0.05, 0.1) is 5.69 Å². The molecule has 0 unspecified atom stereocenters. The predicted molar refractivity (Wildman–Crippen MR) is 75.6 cm³/mol. The van der Waals surface area contributed by atoms with Gasteiger partial charge in [-0.1, -0.05) is 13.8 Å². The lowest BCUT2D eigenvalue weighted by atomic mass is 9.73. The third-order valence-electron chi connectivity index (χ3n) is 4.43. The van der Waals surface area contributed by atoms with Crippen molar-refractivity contribution in [3.05, 3.63) is 17.0 Å². The SMILES string of the molecule is Cc1n[nH]c(C)c1CNC(=O)C1CCC(C)(C)CC1. The summed E-state index contributed by atoms with van der Waals surface area (Å²) in [4.78, 5) is 12.2. The highest BCUT2D eigenvalue weighted by atomic mass is 16.1. The van der Waals surface area contributed by atoms with Gasteiger partial charge in [-0.2, -0.15) is 5.10 Å². The molecule has 0 aliphatic heterocycles. The molecular formula is C15H25N3O. The van der Waals surface area contributed by atoms with Crippen molar-refractivity contribution in [2.75, 3.05) is 0 Å². The summed E-state index contributed by atoms with van der Waals surface area (Å²) in [5.41, 5.74) is 3.55. The highest BCUT2D eigenvalue weighted by Crippen LogP contribution is 2.37. The Morgan fingerprint density at radius 3 is 2.53 bits per heavy atom. The molecule has 1 aliphatic rings. The molecular weight excluding hydrogens is 238 g/mol. The van der Waals surface area contributed by atoms with Crippen LogP contribution in [0.3, 0.4) is 0 Å². The number of nitrogens with zero attached hydrogens (tertiary/aromatic N) is 1.